The molecule has 5 heteroatoms. The van der Waals surface area contributed by atoms with Gasteiger partial charge in [-0.05, 0) is 49.6 Å². The van der Waals surface area contributed by atoms with Gasteiger partial charge in [0.1, 0.15) is 11.5 Å². The number of hydrogen-bond donors (Lipinski definition) is 2. The lowest BCUT2D eigenvalue weighted by molar-refractivity contribution is -0.137. The standard InChI is InChI=1S/C16H15F3O2/c1-8-9(2)15(21)13(10(3)14(8)20)11-4-6-12(7-5-11)16(17,18)19/h4-7,20-21H,1-3H3. The number of phenolic OH excluding ortho intramolecular Hbond substituents is 2. The van der Waals surface area contributed by atoms with E-state index in [4.69, 9.17) is 0 Å². The lowest BCUT2D eigenvalue weighted by Crippen LogP contribution is -2.04. The van der Waals surface area contributed by atoms with Gasteiger partial charge in [0.15, 0.2) is 0 Å². The molecule has 0 amide bonds. The molecule has 2 aromatic rings. The second-order valence-corrected chi connectivity index (χ2v) is 5.02. The Hall–Kier alpha value is -2.17. The van der Waals surface area contributed by atoms with Gasteiger partial charge in [-0.2, -0.15) is 13.2 Å². The maximum Gasteiger partial charge on any atom is 0.416 e. The fraction of sp³-hybridized carbons (Fsp3) is 0.250. The van der Waals surface area contributed by atoms with Gasteiger partial charge in [-0.15, -0.1) is 0 Å². The predicted molar refractivity (Wildman–Crippen MR) is 74.4 cm³/mol. The van der Waals surface area contributed by atoms with E-state index in [0.717, 1.165) is 12.1 Å². The van der Waals surface area contributed by atoms with Crippen LogP contribution in [0.4, 0.5) is 13.2 Å². The summed E-state index contributed by atoms with van der Waals surface area (Å²) in [4.78, 5) is 0. The van der Waals surface area contributed by atoms with Gasteiger partial charge in [0, 0.05) is 11.1 Å². The quantitative estimate of drug-likeness (QED) is 0.748. The Bertz CT molecular complexity index is 657. The van der Waals surface area contributed by atoms with Crippen LogP contribution in [0.1, 0.15) is 22.3 Å². The number of alkyl halides is 3. The molecule has 2 aromatic carbocycles. The third-order valence-corrected chi connectivity index (χ3v) is 3.74. The molecule has 0 bridgehead atoms. The molecule has 0 aliphatic heterocycles. The summed E-state index contributed by atoms with van der Waals surface area (Å²) in [6.07, 6.45) is -4.40. The van der Waals surface area contributed by atoms with E-state index in [0.29, 0.717) is 27.8 Å². The first-order chi connectivity index (χ1) is 9.64. The molecule has 0 heterocycles. The first-order valence-electron chi connectivity index (χ1n) is 6.34. The minimum atomic E-state index is -4.40. The zero-order valence-corrected chi connectivity index (χ0v) is 11.8. The molecule has 2 nitrogen and oxygen atoms in total. The van der Waals surface area contributed by atoms with Crippen LogP contribution in [-0.4, -0.2) is 10.2 Å². The molecule has 0 radical (unpaired) electrons. The molecule has 2 rings (SSSR count). The van der Waals surface area contributed by atoms with E-state index < -0.39 is 11.7 Å². The maximum atomic E-state index is 12.6. The number of benzene rings is 2. The highest BCUT2D eigenvalue weighted by atomic mass is 19.4. The van der Waals surface area contributed by atoms with Crippen LogP contribution >= 0.6 is 0 Å². The molecule has 0 aliphatic carbocycles. The second kappa shape index (κ2) is 4.98. The summed E-state index contributed by atoms with van der Waals surface area (Å²) in [5.74, 6) is 0.0164. The van der Waals surface area contributed by atoms with Gasteiger partial charge in [0.25, 0.3) is 0 Å². The molecule has 2 N–H and O–H groups in total. The molecule has 0 fully saturated rings. The minimum Gasteiger partial charge on any atom is -0.507 e. The fourth-order valence-corrected chi connectivity index (χ4v) is 2.30. The van der Waals surface area contributed by atoms with Gasteiger partial charge in [0.2, 0.25) is 0 Å². The van der Waals surface area contributed by atoms with Crippen LogP contribution in [0, 0.1) is 20.8 Å². The molecule has 0 aliphatic rings. The van der Waals surface area contributed by atoms with E-state index in [2.05, 4.69) is 0 Å². The molecular formula is C16H15F3O2. The van der Waals surface area contributed by atoms with Gasteiger partial charge >= 0.3 is 6.18 Å². The molecule has 0 aromatic heterocycles. The lowest BCUT2D eigenvalue weighted by Gasteiger charge is -2.16. The molecule has 0 spiro atoms. The zero-order chi connectivity index (χ0) is 15.9. The van der Waals surface area contributed by atoms with E-state index >= 15 is 0 Å². The molecular weight excluding hydrogens is 281 g/mol. The lowest BCUT2D eigenvalue weighted by atomic mass is 9.92. The Balaban J connectivity index is 2.63. The van der Waals surface area contributed by atoms with Gasteiger partial charge in [-0.25, -0.2) is 0 Å². The van der Waals surface area contributed by atoms with Crippen LogP contribution in [0.15, 0.2) is 24.3 Å². The van der Waals surface area contributed by atoms with Crippen molar-refractivity contribution in [1.82, 2.24) is 0 Å². The van der Waals surface area contributed by atoms with Crippen LogP contribution in [-0.2, 0) is 6.18 Å². The molecule has 112 valence electrons. The van der Waals surface area contributed by atoms with Crippen molar-refractivity contribution in [2.24, 2.45) is 0 Å². The topological polar surface area (TPSA) is 40.5 Å². The summed E-state index contributed by atoms with van der Waals surface area (Å²) < 4.78 is 37.7. The van der Waals surface area contributed by atoms with Crippen LogP contribution in [0.25, 0.3) is 11.1 Å². The van der Waals surface area contributed by atoms with Crippen molar-refractivity contribution in [3.8, 4) is 22.6 Å². The first kappa shape index (κ1) is 15.2. The number of rotatable bonds is 1. The zero-order valence-electron chi connectivity index (χ0n) is 11.8. The van der Waals surface area contributed by atoms with Gasteiger partial charge in [0.05, 0.1) is 5.56 Å². The SMILES string of the molecule is Cc1c(C)c(O)c(-c2ccc(C(F)(F)F)cc2)c(C)c1O. The van der Waals surface area contributed by atoms with Gasteiger partial charge < -0.3 is 10.2 Å². The average molecular weight is 296 g/mol. The third kappa shape index (κ3) is 2.55. The first-order valence-corrected chi connectivity index (χ1v) is 6.34. The van der Waals surface area contributed by atoms with E-state index in [1.807, 2.05) is 0 Å². The smallest absolute Gasteiger partial charge is 0.416 e. The Morgan fingerprint density at radius 1 is 0.762 bits per heavy atom. The predicted octanol–water partition coefficient (Wildman–Crippen LogP) is 4.71. The summed E-state index contributed by atoms with van der Waals surface area (Å²) in [5.41, 5.74) is 1.53. The van der Waals surface area contributed by atoms with E-state index in [1.54, 1.807) is 20.8 Å². The molecule has 0 saturated heterocycles. The summed E-state index contributed by atoms with van der Waals surface area (Å²) in [5, 5.41) is 20.3. The average Bonchev–Trinajstić information content (AvgIpc) is 2.43. The van der Waals surface area contributed by atoms with E-state index in [9.17, 15) is 23.4 Å². The van der Waals surface area contributed by atoms with Crippen molar-refractivity contribution in [3.05, 3.63) is 46.5 Å². The van der Waals surface area contributed by atoms with Gasteiger partial charge in [-0.1, -0.05) is 12.1 Å². The fourth-order valence-electron chi connectivity index (χ4n) is 2.30. The Morgan fingerprint density at radius 3 is 1.71 bits per heavy atom. The normalized spacial score (nSPS) is 11.7. The van der Waals surface area contributed by atoms with Crippen LogP contribution in [0.5, 0.6) is 11.5 Å². The van der Waals surface area contributed by atoms with Crippen molar-refractivity contribution < 1.29 is 23.4 Å². The van der Waals surface area contributed by atoms with Crippen molar-refractivity contribution in [2.45, 2.75) is 26.9 Å². The Morgan fingerprint density at radius 2 is 1.24 bits per heavy atom. The van der Waals surface area contributed by atoms with Crippen LogP contribution < -0.4 is 0 Å². The summed E-state index contributed by atoms with van der Waals surface area (Å²) in [6, 6.07) is 4.50. The molecule has 0 atom stereocenters. The summed E-state index contributed by atoms with van der Waals surface area (Å²) in [6.45, 7) is 4.94. The van der Waals surface area contributed by atoms with E-state index in [-0.39, 0.29) is 11.5 Å². The van der Waals surface area contributed by atoms with Crippen molar-refractivity contribution >= 4 is 0 Å². The van der Waals surface area contributed by atoms with Gasteiger partial charge in [-0.3, -0.25) is 0 Å². The monoisotopic (exact) mass is 296 g/mol. The maximum absolute atomic E-state index is 12.6. The molecule has 0 unspecified atom stereocenters. The Labute approximate surface area is 120 Å². The van der Waals surface area contributed by atoms with E-state index in [1.165, 1.54) is 12.1 Å². The Kier molecular flexibility index (Phi) is 3.61. The highest BCUT2D eigenvalue weighted by Gasteiger charge is 2.30. The third-order valence-electron chi connectivity index (χ3n) is 3.74. The van der Waals surface area contributed by atoms with Crippen LogP contribution in [0.2, 0.25) is 0 Å². The summed E-state index contributed by atoms with van der Waals surface area (Å²) in [7, 11) is 0. The number of phenols is 2. The second-order valence-electron chi connectivity index (χ2n) is 5.02. The highest BCUT2D eigenvalue weighted by Crippen LogP contribution is 2.42. The highest BCUT2D eigenvalue weighted by molar-refractivity contribution is 5.79. The number of hydrogen-bond acceptors (Lipinski definition) is 2. The van der Waals surface area contributed by atoms with Crippen molar-refractivity contribution in [3.63, 3.8) is 0 Å². The largest absolute Gasteiger partial charge is 0.507 e. The van der Waals surface area contributed by atoms with Crippen molar-refractivity contribution in [2.75, 3.05) is 0 Å². The van der Waals surface area contributed by atoms with Crippen molar-refractivity contribution in [1.29, 1.82) is 0 Å². The van der Waals surface area contributed by atoms with Crippen LogP contribution in [0.3, 0.4) is 0 Å². The number of halogens is 3. The molecule has 0 saturated carbocycles. The molecule has 21 heavy (non-hydrogen) atoms. The summed E-state index contributed by atoms with van der Waals surface area (Å²) >= 11 is 0. The number of aromatic hydroxyl groups is 2. The minimum absolute atomic E-state index is 0.0254.